The number of nitrogens with zero attached hydrogens (tertiary/aromatic N) is 2. The maximum absolute atomic E-state index is 12.6. The Morgan fingerprint density at radius 1 is 0.960 bits per heavy atom. The molecule has 1 heterocycles. The van der Waals surface area contributed by atoms with E-state index >= 15 is 0 Å². The highest BCUT2D eigenvalue weighted by atomic mass is 35.5. The number of carboxylic acids is 1. The molecule has 1 aliphatic heterocycles. The van der Waals surface area contributed by atoms with E-state index in [1.165, 1.54) is 12.1 Å². The second-order valence-electron chi connectivity index (χ2n) is 6.05. The second kappa shape index (κ2) is 7.68. The minimum absolute atomic E-state index is 0.125. The summed E-state index contributed by atoms with van der Waals surface area (Å²) in [6.07, 6.45) is 0. The lowest BCUT2D eigenvalue weighted by molar-refractivity contribution is 0.0628. The topological polar surface area (TPSA) is 60.9 Å². The lowest BCUT2D eigenvalue weighted by atomic mass is 10.1. The molecule has 1 fully saturated rings. The summed E-state index contributed by atoms with van der Waals surface area (Å²) in [5.74, 6) is -1.15. The third kappa shape index (κ3) is 4.18. The number of rotatable bonds is 4. The fourth-order valence-corrected chi connectivity index (χ4v) is 3.14. The van der Waals surface area contributed by atoms with Crippen LogP contribution in [0.25, 0.3) is 0 Å². The zero-order chi connectivity index (χ0) is 17.8. The van der Waals surface area contributed by atoms with Crippen LogP contribution in [0, 0.1) is 0 Å². The highest BCUT2D eigenvalue weighted by Gasteiger charge is 2.23. The normalized spacial score (nSPS) is 15.2. The molecule has 2 aromatic carbocycles. The highest BCUT2D eigenvalue weighted by Crippen LogP contribution is 2.18. The van der Waals surface area contributed by atoms with Gasteiger partial charge >= 0.3 is 5.97 Å². The van der Waals surface area contributed by atoms with Crippen LogP contribution in [0.4, 0.5) is 0 Å². The van der Waals surface area contributed by atoms with E-state index in [-0.39, 0.29) is 11.5 Å². The third-order valence-corrected chi connectivity index (χ3v) is 4.74. The van der Waals surface area contributed by atoms with Gasteiger partial charge in [-0.25, -0.2) is 4.79 Å². The Morgan fingerprint density at radius 2 is 1.64 bits per heavy atom. The van der Waals surface area contributed by atoms with Gasteiger partial charge in [0.2, 0.25) is 0 Å². The number of hydrogen-bond donors (Lipinski definition) is 1. The van der Waals surface area contributed by atoms with Gasteiger partial charge in [-0.15, -0.1) is 0 Å². The zero-order valence-corrected chi connectivity index (χ0v) is 14.4. The Morgan fingerprint density at radius 3 is 2.32 bits per heavy atom. The van der Waals surface area contributed by atoms with E-state index in [4.69, 9.17) is 16.7 Å². The average Bonchev–Trinajstić information content (AvgIpc) is 2.64. The lowest BCUT2D eigenvalue weighted by Crippen LogP contribution is -2.48. The number of piperazine rings is 1. The van der Waals surface area contributed by atoms with Gasteiger partial charge < -0.3 is 10.0 Å². The Bertz CT molecular complexity index is 786. The molecule has 25 heavy (non-hydrogen) atoms. The van der Waals surface area contributed by atoms with Crippen LogP contribution in [0.15, 0.2) is 48.5 Å². The molecule has 0 radical (unpaired) electrons. The molecule has 0 spiro atoms. The smallest absolute Gasteiger partial charge is 0.335 e. The van der Waals surface area contributed by atoms with Crippen molar-refractivity contribution < 1.29 is 14.7 Å². The first-order valence-corrected chi connectivity index (χ1v) is 8.51. The van der Waals surface area contributed by atoms with Crippen LogP contribution in [-0.4, -0.2) is 53.0 Å². The molecule has 1 aliphatic rings. The molecule has 1 saturated heterocycles. The number of carbonyl (C=O) groups is 2. The Labute approximate surface area is 151 Å². The number of benzene rings is 2. The van der Waals surface area contributed by atoms with Gasteiger partial charge in [0.1, 0.15) is 0 Å². The van der Waals surface area contributed by atoms with Gasteiger partial charge in [-0.05, 0) is 29.8 Å². The predicted molar refractivity (Wildman–Crippen MR) is 96.0 cm³/mol. The molecule has 1 N–H and O–H groups in total. The molecule has 1 amide bonds. The predicted octanol–water partition coefficient (Wildman–Crippen LogP) is 3.00. The van der Waals surface area contributed by atoms with E-state index in [9.17, 15) is 9.59 Å². The molecule has 0 aromatic heterocycles. The average molecular weight is 359 g/mol. The summed E-state index contributed by atoms with van der Waals surface area (Å²) in [6.45, 7) is 3.50. The van der Waals surface area contributed by atoms with E-state index in [0.29, 0.717) is 18.7 Å². The Balaban J connectivity index is 1.60. The molecule has 2 aromatic rings. The molecule has 0 bridgehead atoms. The van der Waals surface area contributed by atoms with Crippen LogP contribution in [0.3, 0.4) is 0 Å². The molecule has 6 heteroatoms. The number of halogens is 1. The maximum atomic E-state index is 12.6. The first-order chi connectivity index (χ1) is 12.0. The fraction of sp³-hybridized carbons (Fsp3) is 0.263. The first-order valence-electron chi connectivity index (χ1n) is 8.13. The van der Waals surface area contributed by atoms with Gasteiger partial charge in [0.05, 0.1) is 5.56 Å². The molecule has 5 nitrogen and oxygen atoms in total. The number of amides is 1. The quantitative estimate of drug-likeness (QED) is 0.912. The highest BCUT2D eigenvalue weighted by molar-refractivity contribution is 6.31. The van der Waals surface area contributed by atoms with Gasteiger partial charge in [-0.3, -0.25) is 9.69 Å². The molecule has 0 aliphatic carbocycles. The van der Waals surface area contributed by atoms with E-state index < -0.39 is 5.97 Å². The van der Waals surface area contributed by atoms with Crippen molar-refractivity contribution in [2.75, 3.05) is 26.2 Å². The van der Waals surface area contributed by atoms with Crippen molar-refractivity contribution in [3.63, 3.8) is 0 Å². The van der Waals surface area contributed by atoms with Crippen molar-refractivity contribution in [3.8, 4) is 0 Å². The van der Waals surface area contributed by atoms with Crippen molar-refractivity contribution in [2.45, 2.75) is 6.54 Å². The van der Waals surface area contributed by atoms with Crippen molar-refractivity contribution in [3.05, 3.63) is 70.2 Å². The number of carboxylic acid groups (broad SMARTS) is 1. The summed E-state index contributed by atoms with van der Waals surface area (Å²) in [4.78, 5) is 27.7. The van der Waals surface area contributed by atoms with Crippen molar-refractivity contribution in [1.82, 2.24) is 9.80 Å². The summed E-state index contributed by atoms with van der Waals surface area (Å²) in [5, 5.41) is 9.81. The van der Waals surface area contributed by atoms with E-state index in [0.717, 1.165) is 30.2 Å². The molecular formula is C19H19ClN2O3. The number of carbonyl (C=O) groups excluding carboxylic acids is 1. The van der Waals surface area contributed by atoms with Crippen molar-refractivity contribution >= 4 is 23.5 Å². The van der Waals surface area contributed by atoms with Crippen LogP contribution < -0.4 is 0 Å². The van der Waals surface area contributed by atoms with Crippen LogP contribution >= 0.6 is 11.6 Å². The Kier molecular flexibility index (Phi) is 5.36. The van der Waals surface area contributed by atoms with Crippen LogP contribution in [0.2, 0.25) is 5.02 Å². The van der Waals surface area contributed by atoms with Gasteiger partial charge in [0.15, 0.2) is 0 Å². The molecular weight excluding hydrogens is 340 g/mol. The third-order valence-electron chi connectivity index (χ3n) is 4.37. The second-order valence-corrected chi connectivity index (χ2v) is 6.45. The zero-order valence-electron chi connectivity index (χ0n) is 13.7. The SMILES string of the molecule is O=C(O)c1cccc(C(=O)N2CCN(Cc3ccccc3Cl)CC2)c1. The largest absolute Gasteiger partial charge is 0.478 e. The lowest BCUT2D eigenvalue weighted by Gasteiger charge is -2.35. The monoisotopic (exact) mass is 358 g/mol. The fourth-order valence-electron chi connectivity index (χ4n) is 2.94. The first kappa shape index (κ1) is 17.5. The van der Waals surface area contributed by atoms with E-state index in [2.05, 4.69) is 4.90 Å². The summed E-state index contributed by atoms with van der Waals surface area (Å²) in [6, 6.07) is 13.9. The summed E-state index contributed by atoms with van der Waals surface area (Å²) < 4.78 is 0. The summed E-state index contributed by atoms with van der Waals surface area (Å²) in [5.41, 5.74) is 1.63. The molecule has 130 valence electrons. The minimum Gasteiger partial charge on any atom is -0.478 e. The van der Waals surface area contributed by atoms with Crippen molar-refractivity contribution in [1.29, 1.82) is 0 Å². The standard InChI is InChI=1S/C19H19ClN2O3/c20-17-7-2-1-4-16(17)13-21-8-10-22(11-9-21)18(23)14-5-3-6-15(12-14)19(24)25/h1-7,12H,8-11,13H2,(H,24,25). The van der Waals surface area contributed by atoms with Crippen LogP contribution in [0.1, 0.15) is 26.3 Å². The Hall–Kier alpha value is -2.37. The minimum atomic E-state index is -1.03. The van der Waals surface area contributed by atoms with Crippen LogP contribution in [-0.2, 0) is 6.54 Å². The van der Waals surface area contributed by atoms with Crippen molar-refractivity contribution in [2.24, 2.45) is 0 Å². The van der Waals surface area contributed by atoms with Gasteiger partial charge in [0.25, 0.3) is 5.91 Å². The van der Waals surface area contributed by atoms with Crippen LogP contribution in [0.5, 0.6) is 0 Å². The number of hydrogen-bond acceptors (Lipinski definition) is 3. The maximum Gasteiger partial charge on any atom is 0.335 e. The summed E-state index contributed by atoms with van der Waals surface area (Å²) in [7, 11) is 0. The molecule has 0 unspecified atom stereocenters. The van der Waals surface area contributed by atoms with E-state index in [1.807, 2.05) is 24.3 Å². The molecule has 3 rings (SSSR count). The van der Waals surface area contributed by atoms with E-state index in [1.54, 1.807) is 17.0 Å². The van der Waals surface area contributed by atoms with Gasteiger partial charge in [-0.1, -0.05) is 35.9 Å². The molecule has 0 atom stereocenters. The molecule has 0 saturated carbocycles. The van der Waals surface area contributed by atoms with Gasteiger partial charge in [-0.2, -0.15) is 0 Å². The van der Waals surface area contributed by atoms with Gasteiger partial charge in [0, 0.05) is 43.3 Å². The summed E-state index contributed by atoms with van der Waals surface area (Å²) >= 11 is 6.20. The number of aromatic carboxylic acids is 1.